The minimum Gasteiger partial charge on any atom is -0.266 e. The number of rotatable bonds is 0. The van der Waals surface area contributed by atoms with E-state index in [1.54, 1.807) is 6.07 Å². The highest BCUT2D eigenvalue weighted by molar-refractivity contribution is 6.32. The summed E-state index contributed by atoms with van der Waals surface area (Å²) in [7, 11) is 0. The Balaban J connectivity index is 3.26. The molecule has 1 rings (SSSR count). The highest BCUT2D eigenvalue weighted by Crippen LogP contribution is 2.33. The Morgan fingerprint density at radius 3 is 2.42 bits per heavy atom. The van der Waals surface area contributed by atoms with Crippen molar-refractivity contribution in [3.8, 4) is 5.88 Å². The zero-order valence-corrected chi connectivity index (χ0v) is 8.14. The molecular weight excluding hydrogens is 174 g/mol. The van der Waals surface area contributed by atoms with Gasteiger partial charge in [0.05, 0.1) is 0 Å². The summed E-state index contributed by atoms with van der Waals surface area (Å²) < 4.78 is 0. The minimum absolute atomic E-state index is 0.0980. The Hall–Kier alpha value is -0.760. The highest BCUT2D eigenvalue weighted by Gasteiger charge is 2.19. The number of nitrogens with zero attached hydrogens (tertiary/aromatic N) is 1. The van der Waals surface area contributed by atoms with Gasteiger partial charge in [-0.3, -0.25) is 5.11 Å². The van der Waals surface area contributed by atoms with Gasteiger partial charge in [-0.15, -0.1) is 0 Å². The first kappa shape index (κ1) is 9.33. The van der Waals surface area contributed by atoms with Crippen LogP contribution in [-0.4, -0.2) is 4.98 Å². The van der Waals surface area contributed by atoms with E-state index < -0.39 is 0 Å². The van der Waals surface area contributed by atoms with Gasteiger partial charge < -0.3 is 0 Å². The Morgan fingerprint density at radius 2 is 2.00 bits per heavy atom. The van der Waals surface area contributed by atoms with Gasteiger partial charge in [-0.25, -0.2) is 4.98 Å². The van der Waals surface area contributed by atoms with Crippen LogP contribution in [-0.2, 0) is 10.5 Å². The molecule has 0 amide bonds. The maximum Gasteiger partial charge on any atom is 0.288 e. The Labute approximate surface area is 77.2 Å². The fourth-order valence-electron chi connectivity index (χ4n) is 1.00. The molecule has 0 atom stereocenters. The lowest BCUT2D eigenvalue weighted by molar-refractivity contribution is 0.336. The number of hydrogen-bond acceptors (Lipinski definition) is 1. The van der Waals surface area contributed by atoms with Crippen molar-refractivity contribution in [1.29, 1.82) is 0 Å². The molecule has 0 spiro atoms. The van der Waals surface area contributed by atoms with Crippen molar-refractivity contribution in [1.82, 2.24) is 4.98 Å². The Kier molecular flexibility index (Phi) is 2.29. The summed E-state index contributed by atoms with van der Waals surface area (Å²) in [6, 6.07) is 1.78. The molecule has 1 heterocycles. The van der Waals surface area contributed by atoms with Crippen LogP contribution >= 0.6 is 11.6 Å². The van der Waals surface area contributed by atoms with Crippen molar-refractivity contribution in [2.75, 3.05) is 0 Å². The van der Waals surface area contributed by atoms with E-state index >= 15 is 0 Å². The van der Waals surface area contributed by atoms with Crippen molar-refractivity contribution in [2.24, 2.45) is 0 Å². The first-order chi connectivity index (χ1) is 5.43. The van der Waals surface area contributed by atoms with E-state index in [4.69, 9.17) is 11.6 Å². The van der Waals surface area contributed by atoms with E-state index in [2.05, 4.69) is 4.98 Å². The van der Waals surface area contributed by atoms with Crippen molar-refractivity contribution in [2.45, 2.75) is 26.2 Å². The highest BCUT2D eigenvalue weighted by atomic mass is 35.5. The van der Waals surface area contributed by atoms with Gasteiger partial charge >= 0.3 is 0 Å². The predicted molar refractivity (Wildman–Crippen MR) is 48.1 cm³/mol. The van der Waals surface area contributed by atoms with Crippen molar-refractivity contribution < 1.29 is 5.11 Å². The second-order valence-corrected chi connectivity index (χ2v) is 4.11. The number of halogens is 1. The third-order valence-corrected chi connectivity index (χ3v) is 2.03. The fraction of sp³-hybridized carbons (Fsp3) is 0.444. The quantitative estimate of drug-likeness (QED) is 0.610. The van der Waals surface area contributed by atoms with E-state index in [9.17, 15) is 5.11 Å². The smallest absolute Gasteiger partial charge is 0.266 e. The van der Waals surface area contributed by atoms with Crippen molar-refractivity contribution in [3.63, 3.8) is 0 Å². The van der Waals surface area contributed by atoms with Gasteiger partial charge in [-0.05, 0) is 17.0 Å². The lowest BCUT2D eigenvalue weighted by atomic mass is 9.88. The number of aromatic nitrogens is 1. The van der Waals surface area contributed by atoms with E-state index in [1.807, 2.05) is 20.8 Å². The van der Waals surface area contributed by atoms with Crippen LogP contribution < -0.4 is 0 Å². The van der Waals surface area contributed by atoms with Gasteiger partial charge in [0.25, 0.3) is 5.88 Å². The van der Waals surface area contributed by atoms with Crippen LogP contribution in [0.4, 0.5) is 0 Å². The molecule has 1 aromatic rings. The SMILES string of the molecule is CC(C)(C)c1ccnc([O])c1Cl. The van der Waals surface area contributed by atoms with Gasteiger partial charge in [-0.2, -0.15) is 0 Å². The first-order valence-corrected chi connectivity index (χ1v) is 4.12. The number of pyridine rings is 1. The van der Waals surface area contributed by atoms with Crippen LogP contribution in [0.5, 0.6) is 5.88 Å². The molecule has 0 saturated carbocycles. The maximum atomic E-state index is 11.0. The molecule has 0 fully saturated rings. The molecule has 0 aliphatic rings. The normalized spacial score (nSPS) is 11.7. The van der Waals surface area contributed by atoms with Gasteiger partial charge in [0.2, 0.25) is 0 Å². The third kappa shape index (κ3) is 1.69. The molecule has 65 valence electrons. The largest absolute Gasteiger partial charge is 0.288 e. The molecule has 12 heavy (non-hydrogen) atoms. The predicted octanol–water partition coefficient (Wildman–Crippen LogP) is 3.18. The van der Waals surface area contributed by atoms with Crippen LogP contribution in [0, 0.1) is 0 Å². The minimum atomic E-state index is -0.343. The van der Waals surface area contributed by atoms with Gasteiger partial charge in [0, 0.05) is 6.20 Å². The Bertz CT molecular complexity index is 291. The van der Waals surface area contributed by atoms with Gasteiger partial charge in [-0.1, -0.05) is 32.4 Å². The summed E-state index contributed by atoms with van der Waals surface area (Å²) in [6.45, 7) is 6.02. The summed E-state index contributed by atoms with van der Waals surface area (Å²) in [5.41, 5.74) is 0.753. The second kappa shape index (κ2) is 2.94. The second-order valence-electron chi connectivity index (χ2n) is 3.73. The fourth-order valence-corrected chi connectivity index (χ4v) is 1.40. The summed E-state index contributed by atoms with van der Waals surface area (Å²) in [6.07, 6.45) is 1.49. The molecule has 0 aromatic carbocycles. The maximum absolute atomic E-state index is 11.0. The van der Waals surface area contributed by atoms with E-state index in [0.717, 1.165) is 5.56 Å². The standard InChI is InChI=1S/C9H11ClNO/c1-9(2,3)6-4-5-11-8(12)7(6)10/h4-5H,1-3H3. The van der Waals surface area contributed by atoms with E-state index in [-0.39, 0.29) is 16.3 Å². The van der Waals surface area contributed by atoms with Gasteiger partial charge in [0.1, 0.15) is 5.02 Å². The van der Waals surface area contributed by atoms with E-state index in [0.29, 0.717) is 0 Å². The van der Waals surface area contributed by atoms with Crippen LogP contribution in [0.3, 0.4) is 0 Å². The first-order valence-electron chi connectivity index (χ1n) is 3.75. The molecule has 2 nitrogen and oxygen atoms in total. The average molecular weight is 185 g/mol. The lowest BCUT2D eigenvalue weighted by Crippen LogP contribution is -2.11. The van der Waals surface area contributed by atoms with Gasteiger partial charge in [0.15, 0.2) is 0 Å². The monoisotopic (exact) mass is 184 g/mol. The molecule has 0 unspecified atom stereocenters. The van der Waals surface area contributed by atoms with Crippen LogP contribution in [0.25, 0.3) is 0 Å². The summed E-state index contributed by atoms with van der Waals surface area (Å²) in [4.78, 5) is 3.57. The molecule has 1 radical (unpaired) electrons. The topological polar surface area (TPSA) is 32.8 Å². The molecule has 3 heteroatoms. The molecule has 1 aromatic heterocycles. The van der Waals surface area contributed by atoms with E-state index in [1.165, 1.54) is 6.20 Å². The third-order valence-electron chi connectivity index (χ3n) is 1.67. The molecule has 0 bridgehead atoms. The summed E-state index contributed by atoms with van der Waals surface area (Å²) in [5.74, 6) is -0.343. The zero-order chi connectivity index (χ0) is 9.35. The number of hydrogen-bond donors (Lipinski definition) is 0. The van der Waals surface area contributed by atoms with Crippen molar-refractivity contribution in [3.05, 3.63) is 22.8 Å². The Morgan fingerprint density at radius 1 is 1.42 bits per heavy atom. The lowest BCUT2D eigenvalue weighted by Gasteiger charge is -2.19. The van der Waals surface area contributed by atoms with Crippen LogP contribution in [0.2, 0.25) is 5.02 Å². The average Bonchev–Trinajstić information content (AvgIpc) is 1.92. The molecule has 0 saturated heterocycles. The molecular formula is C9H11ClNO. The molecule has 0 aliphatic carbocycles. The summed E-state index contributed by atoms with van der Waals surface area (Å²) >= 11 is 5.80. The van der Waals surface area contributed by atoms with Crippen LogP contribution in [0.15, 0.2) is 12.3 Å². The van der Waals surface area contributed by atoms with Crippen LogP contribution in [0.1, 0.15) is 26.3 Å². The molecule has 0 aliphatic heterocycles. The summed E-state index contributed by atoms with van der Waals surface area (Å²) in [5, 5.41) is 11.3. The molecule has 0 N–H and O–H groups in total. The zero-order valence-electron chi connectivity index (χ0n) is 7.39. The van der Waals surface area contributed by atoms with Crippen molar-refractivity contribution >= 4 is 11.6 Å².